The minimum absolute atomic E-state index is 0.0824. The standard InChI is InChI=1S/C21H32N2O3/c1-5-6-14-22-18(24)21(17-10-8-7-9-11-17)12-15-23(16-13-21)26-19(25)20(2,3)4/h7-11H,5-6,12-16H2,1-4H3,(H,22,24). The lowest BCUT2D eigenvalue weighted by Gasteiger charge is -2.40. The summed E-state index contributed by atoms with van der Waals surface area (Å²) in [4.78, 5) is 30.7. The summed E-state index contributed by atoms with van der Waals surface area (Å²) in [5.74, 6) is -0.156. The van der Waals surface area contributed by atoms with Crippen molar-refractivity contribution in [3.63, 3.8) is 0 Å². The second kappa shape index (κ2) is 8.67. The van der Waals surface area contributed by atoms with Crippen LogP contribution >= 0.6 is 0 Å². The van der Waals surface area contributed by atoms with Gasteiger partial charge in [0.25, 0.3) is 0 Å². The first-order valence-electron chi connectivity index (χ1n) is 9.61. The third-order valence-electron chi connectivity index (χ3n) is 4.98. The van der Waals surface area contributed by atoms with Crippen LogP contribution in [0.2, 0.25) is 0 Å². The Bertz CT molecular complexity index is 599. The molecule has 1 aliphatic heterocycles. The molecule has 1 aliphatic rings. The predicted molar refractivity (Wildman–Crippen MR) is 102 cm³/mol. The number of unbranched alkanes of at least 4 members (excludes halogenated alkanes) is 1. The molecule has 0 spiro atoms. The number of benzene rings is 1. The highest BCUT2D eigenvalue weighted by atomic mass is 16.7. The lowest BCUT2D eigenvalue weighted by Crippen LogP contribution is -2.52. The molecule has 0 aromatic heterocycles. The van der Waals surface area contributed by atoms with E-state index in [-0.39, 0.29) is 11.9 Å². The van der Waals surface area contributed by atoms with Gasteiger partial charge in [0, 0.05) is 19.6 Å². The molecule has 26 heavy (non-hydrogen) atoms. The van der Waals surface area contributed by atoms with Crippen molar-refractivity contribution in [3.8, 4) is 0 Å². The Morgan fingerprint density at radius 2 is 1.77 bits per heavy atom. The van der Waals surface area contributed by atoms with E-state index in [1.54, 1.807) is 5.06 Å². The SMILES string of the molecule is CCCCNC(=O)C1(c2ccccc2)CCN(OC(=O)C(C)(C)C)CC1. The van der Waals surface area contributed by atoms with E-state index in [1.807, 2.05) is 51.1 Å². The van der Waals surface area contributed by atoms with Crippen molar-refractivity contribution in [3.05, 3.63) is 35.9 Å². The lowest BCUT2D eigenvalue weighted by molar-refractivity contribution is -0.207. The van der Waals surface area contributed by atoms with Gasteiger partial charge in [0.2, 0.25) is 5.91 Å². The van der Waals surface area contributed by atoms with Crippen molar-refractivity contribution < 1.29 is 14.4 Å². The van der Waals surface area contributed by atoms with Crippen LogP contribution in [0.15, 0.2) is 30.3 Å². The molecule has 2 rings (SSSR count). The Labute approximate surface area is 157 Å². The van der Waals surface area contributed by atoms with E-state index in [0.717, 1.165) is 18.4 Å². The number of hydroxylamine groups is 2. The molecule has 1 aromatic rings. The quantitative estimate of drug-likeness (QED) is 0.790. The molecule has 1 N–H and O–H groups in total. The molecule has 5 nitrogen and oxygen atoms in total. The van der Waals surface area contributed by atoms with E-state index in [1.165, 1.54) is 0 Å². The van der Waals surface area contributed by atoms with Gasteiger partial charge in [0.1, 0.15) is 0 Å². The normalized spacial score (nSPS) is 17.5. The number of nitrogens with one attached hydrogen (secondary N) is 1. The fourth-order valence-corrected chi connectivity index (χ4v) is 3.17. The monoisotopic (exact) mass is 360 g/mol. The van der Waals surface area contributed by atoms with Gasteiger partial charge >= 0.3 is 5.97 Å². The van der Waals surface area contributed by atoms with E-state index >= 15 is 0 Å². The van der Waals surface area contributed by atoms with Crippen LogP contribution in [-0.2, 0) is 19.8 Å². The Balaban J connectivity index is 2.11. The van der Waals surface area contributed by atoms with Crippen molar-refractivity contribution in [2.45, 2.75) is 58.8 Å². The highest BCUT2D eigenvalue weighted by Crippen LogP contribution is 2.36. The van der Waals surface area contributed by atoms with Gasteiger partial charge in [-0.25, -0.2) is 4.79 Å². The number of nitrogens with zero attached hydrogens (tertiary/aromatic N) is 1. The van der Waals surface area contributed by atoms with Crippen molar-refractivity contribution in [1.29, 1.82) is 0 Å². The molecule has 1 saturated heterocycles. The number of amides is 1. The van der Waals surface area contributed by atoms with Gasteiger partial charge in [-0.1, -0.05) is 43.7 Å². The van der Waals surface area contributed by atoms with Gasteiger partial charge in [-0.3, -0.25) is 4.79 Å². The first-order valence-corrected chi connectivity index (χ1v) is 9.61. The second-order valence-corrected chi connectivity index (χ2v) is 8.12. The molecule has 144 valence electrons. The summed E-state index contributed by atoms with van der Waals surface area (Å²) < 4.78 is 0. The lowest BCUT2D eigenvalue weighted by atomic mass is 9.72. The minimum Gasteiger partial charge on any atom is -0.367 e. The third kappa shape index (κ3) is 4.85. The van der Waals surface area contributed by atoms with E-state index < -0.39 is 10.8 Å². The summed E-state index contributed by atoms with van der Waals surface area (Å²) >= 11 is 0. The van der Waals surface area contributed by atoms with Gasteiger partial charge in [0.05, 0.1) is 10.8 Å². The molecule has 1 aromatic carbocycles. The molecular formula is C21H32N2O3. The zero-order valence-corrected chi connectivity index (χ0v) is 16.5. The highest BCUT2D eigenvalue weighted by Gasteiger charge is 2.43. The molecule has 1 heterocycles. The van der Waals surface area contributed by atoms with Crippen LogP contribution in [0.5, 0.6) is 0 Å². The number of carbonyl (C=O) groups is 2. The number of hydrogen-bond donors (Lipinski definition) is 1. The molecule has 0 bridgehead atoms. The van der Waals surface area contributed by atoms with Gasteiger partial charge < -0.3 is 10.2 Å². The molecule has 1 fully saturated rings. The third-order valence-corrected chi connectivity index (χ3v) is 4.98. The molecule has 0 aliphatic carbocycles. The van der Waals surface area contributed by atoms with Crippen LogP contribution in [0.3, 0.4) is 0 Å². The fourth-order valence-electron chi connectivity index (χ4n) is 3.17. The molecule has 0 atom stereocenters. The average Bonchev–Trinajstić information content (AvgIpc) is 2.62. The molecule has 0 saturated carbocycles. The number of rotatable bonds is 6. The van der Waals surface area contributed by atoms with E-state index in [9.17, 15) is 9.59 Å². The van der Waals surface area contributed by atoms with Crippen LogP contribution in [-0.4, -0.2) is 36.6 Å². The van der Waals surface area contributed by atoms with Crippen LogP contribution in [0.1, 0.15) is 58.9 Å². The maximum absolute atomic E-state index is 13.0. The van der Waals surface area contributed by atoms with E-state index in [4.69, 9.17) is 4.84 Å². The highest BCUT2D eigenvalue weighted by molar-refractivity contribution is 5.88. The zero-order chi connectivity index (χ0) is 19.2. The largest absolute Gasteiger partial charge is 0.367 e. The number of piperidine rings is 1. The minimum atomic E-state index is -0.556. The summed E-state index contributed by atoms with van der Waals surface area (Å²) in [6, 6.07) is 9.96. The van der Waals surface area contributed by atoms with Crippen molar-refractivity contribution >= 4 is 11.9 Å². The Hall–Kier alpha value is -1.88. The molecular weight excluding hydrogens is 328 g/mol. The molecule has 1 amide bonds. The van der Waals surface area contributed by atoms with Crippen molar-refractivity contribution in [2.24, 2.45) is 5.41 Å². The second-order valence-electron chi connectivity index (χ2n) is 8.12. The molecule has 5 heteroatoms. The summed E-state index contributed by atoms with van der Waals surface area (Å²) in [7, 11) is 0. The summed E-state index contributed by atoms with van der Waals surface area (Å²) in [5, 5.41) is 4.81. The smallest absolute Gasteiger partial charge is 0.330 e. The Morgan fingerprint density at radius 1 is 1.15 bits per heavy atom. The van der Waals surface area contributed by atoms with Crippen LogP contribution in [0.4, 0.5) is 0 Å². The number of hydrogen-bond acceptors (Lipinski definition) is 4. The van der Waals surface area contributed by atoms with Gasteiger partial charge in [0.15, 0.2) is 0 Å². The summed E-state index contributed by atoms with van der Waals surface area (Å²) in [6.07, 6.45) is 3.29. The van der Waals surface area contributed by atoms with Gasteiger partial charge in [-0.05, 0) is 45.6 Å². The predicted octanol–water partition coefficient (Wildman–Crippen LogP) is 3.44. The molecule has 0 radical (unpaired) electrons. The average molecular weight is 360 g/mol. The number of carbonyl (C=O) groups excluding carboxylic acids is 2. The Morgan fingerprint density at radius 3 is 2.31 bits per heavy atom. The first kappa shape index (κ1) is 20.4. The maximum atomic E-state index is 13.0. The Kier molecular flexibility index (Phi) is 6.81. The van der Waals surface area contributed by atoms with Crippen molar-refractivity contribution in [1.82, 2.24) is 10.4 Å². The topological polar surface area (TPSA) is 58.6 Å². The molecule has 0 unspecified atom stereocenters. The maximum Gasteiger partial charge on any atom is 0.330 e. The zero-order valence-electron chi connectivity index (χ0n) is 16.5. The summed E-state index contributed by atoms with van der Waals surface area (Å²) in [5.41, 5.74) is -0.0544. The summed E-state index contributed by atoms with van der Waals surface area (Å²) in [6.45, 7) is 9.45. The van der Waals surface area contributed by atoms with E-state index in [0.29, 0.717) is 32.5 Å². The van der Waals surface area contributed by atoms with Crippen LogP contribution < -0.4 is 5.32 Å². The van der Waals surface area contributed by atoms with Crippen LogP contribution in [0, 0.1) is 5.41 Å². The van der Waals surface area contributed by atoms with Crippen LogP contribution in [0.25, 0.3) is 0 Å². The van der Waals surface area contributed by atoms with Crippen molar-refractivity contribution in [2.75, 3.05) is 19.6 Å². The van der Waals surface area contributed by atoms with E-state index in [2.05, 4.69) is 12.2 Å². The fraction of sp³-hybridized carbons (Fsp3) is 0.619. The van der Waals surface area contributed by atoms with Gasteiger partial charge in [-0.15, -0.1) is 5.06 Å². The van der Waals surface area contributed by atoms with Gasteiger partial charge in [-0.2, -0.15) is 0 Å². The first-order chi connectivity index (χ1) is 12.3.